The summed E-state index contributed by atoms with van der Waals surface area (Å²) < 4.78 is 27.0. The number of aliphatic carboxylic acids is 1. The molecular formula is C21H22ClN3O4S. The lowest BCUT2D eigenvalue weighted by Gasteiger charge is -2.36. The number of halogens is 1. The number of carbonyl (C=O) groups is 1. The minimum Gasteiger partial charge on any atom is -0.479 e. The van der Waals surface area contributed by atoms with Gasteiger partial charge in [-0.2, -0.15) is 4.31 Å². The number of nitrogens with zero attached hydrogens (tertiary/aromatic N) is 2. The first kappa shape index (κ1) is 22.1. The van der Waals surface area contributed by atoms with Crippen LogP contribution in [0.4, 0.5) is 5.69 Å². The molecule has 1 aliphatic heterocycles. The number of sulfonamides is 1. The molecule has 3 N–H and O–H groups in total. The monoisotopic (exact) mass is 447 g/mol. The van der Waals surface area contributed by atoms with Crippen LogP contribution in [0, 0.1) is 11.8 Å². The maximum Gasteiger partial charge on any atom is 0.337 e. The van der Waals surface area contributed by atoms with Crippen LogP contribution in [0.1, 0.15) is 5.56 Å². The van der Waals surface area contributed by atoms with Crippen LogP contribution >= 0.6 is 11.6 Å². The van der Waals surface area contributed by atoms with Gasteiger partial charge < -0.3 is 15.7 Å². The van der Waals surface area contributed by atoms with Gasteiger partial charge in [0.25, 0.3) is 0 Å². The minimum atomic E-state index is -3.93. The average molecular weight is 448 g/mol. The van der Waals surface area contributed by atoms with Crippen LogP contribution in [0.15, 0.2) is 54.6 Å². The van der Waals surface area contributed by atoms with Gasteiger partial charge in [0.15, 0.2) is 5.54 Å². The molecule has 30 heavy (non-hydrogen) atoms. The van der Waals surface area contributed by atoms with Crippen LogP contribution in [0.3, 0.4) is 0 Å². The summed E-state index contributed by atoms with van der Waals surface area (Å²) in [6, 6.07) is 16.0. The van der Waals surface area contributed by atoms with Gasteiger partial charge in [0.1, 0.15) is 5.75 Å². The Labute approximate surface area is 181 Å². The predicted molar refractivity (Wildman–Crippen MR) is 117 cm³/mol. The van der Waals surface area contributed by atoms with Crippen molar-refractivity contribution in [1.82, 2.24) is 4.31 Å². The smallest absolute Gasteiger partial charge is 0.337 e. The van der Waals surface area contributed by atoms with E-state index in [1.165, 1.54) is 4.31 Å². The van der Waals surface area contributed by atoms with Gasteiger partial charge in [-0.15, -0.1) is 0 Å². The quantitative estimate of drug-likeness (QED) is 0.675. The molecule has 2 aromatic rings. The second-order valence-corrected chi connectivity index (χ2v) is 9.42. The highest BCUT2D eigenvalue weighted by Gasteiger charge is 2.40. The number of carboxylic acids is 1. The van der Waals surface area contributed by atoms with Gasteiger partial charge in [0.05, 0.1) is 0 Å². The molecule has 0 aromatic heterocycles. The van der Waals surface area contributed by atoms with Gasteiger partial charge in [0, 0.05) is 42.5 Å². The number of rotatable bonds is 5. The lowest BCUT2D eigenvalue weighted by molar-refractivity contribution is -0.140. The van der Waals surface area contributed by atoms with E-state index in [4.69, 9.17) is 17.3 Å². The maximum atomic E-state index is 12.9. The molecule has 0 aliphatic carbocycles. The second-order valence-electron chi connectivity index (χ2n) is 7.01. The molecule has 0 bridgehead atoms. The fraction of sp³-hybridized carbons (Fsp3) is 0.286. The van der Waals surface area contributed by atoms with Crippen molar-refractivity contribution in [3.05, 3.63) is 65.2 Å². The van der Waals surface area contributed by atoms with E-state index in [2.05, 4.69) is 11.8 Å². The van der Waals surface area contributed by atoms with Gasteiger partial charge in [-0.25, -0.2) is 13.2 Å². The molecule has 0 radical (unpaired) electrons. The number of piperazine rings is 1. The van der Waals surface area contributed by atoms with Crippen molar-refractivity contribution in [3.8, 4) is 11.8 Å². The molecule has 1 atom stereocenters. The zero-order valence-corrected chi connectivity index (χ0v) is 17.7. The van der Waals surface area contributed by atoms with Crippen molar-refractivity contribution >= 4 is 33.3 Å². The van der Waals surface area contributed by atoms with Crippen LogP contribution in [-0.2, 0) is 14.8 Å². The van der Waals surface area contributed by atoms with Crippen molar-refractivity contribution in [2.24, 2.45) is 5.73 Å². The third kappa shape index (κ3) is 5.32. The van der Waals surface area contributed by atoms with E-state index < -0.39 is 27.3 Å². The molecule has 158 valence electrons. The number of hydrogen-bond acceptors (Lipinski definition) is 5. The number of nitrogens with two attached hydrogens (primary N) is 1. The van der Waals surface area contributed by atoms with Crippen molar-refractivity contribution in [2.75, 3.05) is 36.8 Å². The molecule has 1 fully saturated rings. The van der Waals surface area contributed by atoms with Gasteiger partial charge in [-0.05, 0) is 36.4 Å². The Hall–Kier alpha value is -2.57. The van der Waals surface area contributed by atoms with Crippen molar-refractivity contribution < 1.29 is 18.3 Å². The molecule has 0 amide bonds. The largest absolute Gasteiger partial charge is 0.479 e. The molecular weight excluding hydrogens is 426 g/mol. The molecule has 0 saturated carbocycles. The van der Waals surface area contributed by atoms with Crippen molar-refractivity contribution in [1.29, 1.82) is 0 Å². The third-order valence-corrected chi connectivity index (χ3v) is 7.04. The van der Waals surface area contributed by atoms with E-state index in [-0.39, 0.29) is 13.1 Å². The van der Waals surface area contributed by atoms with Gasteiger partial charge >= 0.3 is 5.97 Å². The fourth-order valence-corrected chi connectivity index (χ4v) is 4.91. The highest BCUT2D eigenvalue weighted by Crippen LogP contribution is 2.21. The molecule has 1 aliphatic rings. The van der Waals surface area contributed by atoms with Gasteiger partial charge in [-0.3, -0.25) is 0 Å². The summed E-state index contributed by atoms with van der Waals surface area (Å²) >= 11 is 5.91. The lowest BCUT2D eigenvalue weighted by atomic mass is 10.0. The zero-order chi connectivity index (χ0) is 21.8. The number of carboxylic acid groups (broad SMARTS) is 1. The SMILES string of the molecule is NC(C#Cc1ccccc1)(CS(=O)(=O)N1CCN(c2ccc(Cl)cc2)CC1)C(=O)O. The topological polar surface area (TPSA) is 104 Å². The Bertz CT molecular complexity index is 1060. The van der Waals surface area contributed by atoms with E-state index in [9.17, 15) is 18.3 Å². The molecule has 3 rings (SSSR count). The standard InChI is InChI=1S/C21H22ClN3O4S/c22-18-6-8-19(9-7-18)24-12-14-25(15-13-24)30(28,29)16-21(23,20(26)27)11-10-17-4-2-1-3-5-17/h1-9H,12-16,23H2,(H,26,27). The summed E-state index contributed by atoms with van der Waals surface area (Å²) in [6.45, 7) is 1.40. The molecule has 9 heteroatoms. The van der Waals surface area contributed by atoms with Crippen LogP contribution in [0.5, 0.6) is 0 Å². The fourth-order valence-electron chi connectivity index (χ4n) is 3.11. The second kappa shape index (κ2) is 9.06. The summed E-state index contributed by atoms with van der Waals surface area (Å²) in [5.41, 5.74) is 5.21. The van der Waals surface area contributed by atoms with Crippen molar-refractivity contribution in [2.45, 2.75) is 5.54 Å². The first-order valence-electron chi connectivity index (χ1n) is 9.28. The van der Waals surface area contributed by atoms with E-state index in [0.717, 1.165) is 5.69 Å². The third-order valence-electron chi connectivity index (χ3n) is 4.82. The summed E-state index contributed by atoms with van der Waals surface area (Å²) in [6.07, 6.45) is 0. The molecule has 1 saturated heterocycles. The highest BCUT2D eigenvalue weighted by molar-refractivity contribution is 7.89. The Kier molecular flexibility index (Phi) is 6.68. The van der Waals surface area contributed by atoms with Crippen LogP contribution in [-0.4, -0.2) is 61.3 Å². The molecule has 1 unspecified atom stereocenters. The van der Waals surface area contributed by atoms with E-state index in [1.54, 1.807) is 42.5 Å². The number of anilines is 1. The van der Waals surface area contributed by atoms with Crippen LogP contribution < -0.4 is 10.6 Å². The van der Waals surface area contributed by atoms with E-state index >= 15 is 0 Å². The molecule has 2 aromatic carbocycles. The molecule has 7 nitrogen and oxygen atoms in total. The maximum absolute atomic E-state index is 12.9. The van der Waals surface area contributed by atoms with Crippen molar-refractivity contribution in [3.63, 3.8) is 0 Å². The van der Waals surface area contributed by atoms with Crippen LogP contribution in [0.2, 0.25) is 5.02 Å². The summed E-state index contributed by atoms with van der Waals surface area (Å²) in [5, 5.41) is 10.2. The lowest BCUT2D eigenvalue weighted by Crippen LogP contribution is -2.57. The molecule has 0 spiro atoms. The predicted octanol–water partition coefficient (Wildman–Crippen LogP) is 1.63. The summed E-state index contributed by atoms with van der Waals surface area (Å²) in [5.74, 6) is 2.84. The summed E-state index contributed by atoms with van der Waals surface area (Å²) in [4.78, 5) is 13.8. The van der Waals surface area contributed by atoms with Gasteiger partial charge in [0.2, 0.25) is 10.0 Å². The van der Waals surface area contributed by atoms with Crippen LogP contribution in [0.25, 0.3) is 0 Å². The number of benzene rings is 2. The Morgan fingerprint density at radius 3 is 2.23 bits per heavy atom. The first-order valence-corrected chi connectivity index (χ1v) is 11.3. The highest BCUT2D eigenvalue weighted by atomic mass is 35.5. The minimum absolute atomic E-state index is 0.229. The van der Waals surface area contributed by atoms with E-state index in [1.807, 2.05) is 17.0 Å². The summed E-state index contributed by atoms with van der Waals surface area (Å²) in [7, 11) is -3.93. The number of hydrogen-bond donors (Lipinski definition) is 2. The Balaban J connectivity index is 1.71. The van der Waals surface area contributed by atoms with Gasteiger partial charge in [-0.1, -0.05) is 41.6 Å². The molecule has 1 heterocycles. The van der Waals surface area contributed by atoms with E-state index in [0.29, 0.717) is 23.7 Å². The average Bonchev–Trinajstić information content (AvgIpc) is 2.73. The Morgan fingerprint density at radius 1 is 1.07 bits per heavy atom. The zero-order valence-electron chi connectivity index (χ0n) is 16.2. The Morgan fingerprint density at radius 2 is 1.67 bits per heavy atom. The normalized spacial score (nSPS) is 16.9. The first-order chi connectivity index (χ1) is 14.2.